The third-order valence-corrected chi connectivity index (χ3v) is 4.72. The Kier molecular flexibility index (Phi) is 7.23. The van der Waals surface area contributed by atoms with Gasteiger partial charge >= 0.3 is 5.97 Å². The Hall–Kier alpha value is -4.13. The molecule has 1 N–H and O–H groups in total. The fourth-order valence-corrected chi connectivity index (χ4v) is 3.02. The average molecular weight is 433 g/mol. The SMILES string of the molecule is COc1ccc(NC(=O)COC(=O)c2ccccc2C(=O)c2ccc(C)cc2)c(OC)c1. The maximum absolute atomic E-state index is 12.9. The van der Waals surface area contributed by atoms with Crippen molar-refractivity contribution in [1.29, 1.82) is 0 Å². The topological polar surface area (TPSA) is 90.9 Å². The van der Waals surface area contributed by atoms with Crippen molar-refractivity contribution in [2.24, 2.45) is 0 Å². The molecule has 0 aliphatic carbocycles. The fourth-order valence-electron chi connectivity index (χ4n) is 3.02. The van der Waals surface area contributed by atoms with Crippen molar-refractivity contribution < 1.29 is 28.6 Å². The predicted octanol–water partition coefficient (Wildman–Crippen LogP) is 4.04. The van der Waals surface area contributed by atoms with Gasteiger partial charge in [0.2, 0.25) is 0 Å². The first kappa shape index (κ1) is 22.6. The molecule has 0 heterocycles. The Labute approximate surface area is 185 Å². The number of aryl methyl sites for hydroxylation is 1. The van der Waals surface area contributed by atoms with E-state index in [1.807, 2.05) is 19.1 Å². The lowest BCUT2D eigenvalue weighted by atomic mass is 9.98. The van der Waals surface area contributed by atoms with Gasteiger partial charge in [0.1, 0.15) is 11.5 Å². The zero-order valence-electron chi connectivity index (χ0n) is 18.0. The summed E-state index contributed by atoms with van der Waals surface area (Å²) in [6.45, 7) is 1.40. The number of ketones is 1. The van der Waals surface area contributed by atoms with Gasteiger partial charge in [0, 0.05) is 17.2 Å². The van der Waals surface area contributed by atoms with Crippen molar-refractivity contribution >= 4 is 23.3 Å². The number of nitrogens with one attached hydrogen (secondary N) is 1. The van der Waals surface area contributed by atoms with E-state index in [0.29, 0.717) is 22.7 Å². The van der Waals surface area contributed by atoms with E-state index in [1.165, 1.54) is 20.3 Å². The number of methoxy groups -OCH3 is 2. The summed E-state index contributed by atoms with van der Waals surface area (Å²) in [4.78, 5) is 37.8. The average Bonchev–Trinajstić information content (AvgIpc) is 2.82. The Morgan fingerprint density at radius 3 is 2.19 bits per heavy atom. The van der Waals surface area contributed by atoms with Crippen LogP contribution in [0.2, 0.25) is 0 Å². The lowest BCUT2D eigenvalue weighted by Gasteiger charge is -2.12. The first-order valence-corrected chi connectivity index (χ1v) is 9.82. The molecule has 0 fully saturated rings. The second-order valence-corrected chi connectivity index (χ2v) is 6.93. The molecule has 0 atom stereocenters. The van der Waals surface area contributed by atoms with E-state index >= 15 is 0 Å². The number of benzene rings is 3. The molecule has 0 bridgehead atoms. The first-order chi connectivity index (χ1) is 15.4. The molecule has 0 aliphatic rings. The Balaban J connectivity index is 1.69. The summed E-state index contributed by atoms with van der Waals surface area (Å²) in [6.07, 6.45) is 0. The van der Waals surface area contributed by atoms with Crippen molar-refractivity contribution in [3.63, 3.8) is 0 Å². The molecule has 7 heteroatoms. The maximum atomic E-state index is 12.9. The Morgan fingerprint density at radius 1 is 0.844 bits per heavy atom. The minimum atomic E-state index is -0.766. The molecule has 0 saturated heterocycles. The molecule has 1 amide bonds. The lowest BCUT2D eigenvalue weighted by Crippen LogP contribution is -2.22. The molecule has 0 spiro atoms. The van der Waals surface area contributed by atoms with Crippen LogP contribution in [0.5, 0.6) is 11.5 Å². The Morgan fingerprint density at radius 2 is 1.53 bits per heavy atom. The summed E-state index contributed by atoms with van der Waals surface area (Å²) in [5.74, 6) is -0.647. The second-order valence-electron chi connectivity index (χ2n) is 6.93. The molecule has 164 valence electrons. The number of anilines is 1. The first-order valence-electron chi connectivity index (χ1n) is 9.82. The van der Waals surface area contributed by atoms with Crippen molar-refractivity contribution in [2.45, 2.75) is 6.92 Å². The highest BCUT2D eigenvalue weighted by Gasteiger charge is 2.20. The van der Waals surface area contributed by atoms with Crippen LogP contribution in [0.15, 0.2) is 66.7 Å². The van der Waals surface area contributed by atoms with E-state index in [-0.39, 0.29) is 16.9 Å². The quantitative estimate of drug-likeness (QED) is 0.426. The van der Waals surface area contributed by atoms with Gasteiger partial charge in [-0.15, -0.1) is 0 Å². The highest BCUT2D eigenvalue weighted by molar-refractivity contribution is 6.14. The van der Waals surface area contributed by atoms with E-state index in [0.717, 1.165) is 5.56 Å². The van der Waals surface area contributed by atoms with Gasteiger partial charge in [-0.25, -0.2) is 4.79 Å². The summed E-state index contributed by atoms with van der Waals surface area (Å²) in [7, 11) is 2.99. The summed E-state index contributed by atoms with van der Waals surface area (Å²) in [5, 5.41) is 2.62. The van der Waals surface area contributed by atoms with Crippen molar-refractivity contribution in [3.05, 3.63) is 89.0 Å². The van der Waals surface area contributed by atoms with Gasteiger partial charge in [0.05, 0.1) is 25.5 Å². The number of carbonyl (C=O) groups is 3. The molecule has 0 aliphatic heterocycles. The normalized spacial score (nSPS) is 10.2. The van der Waals surface area contributed by atoms with E-state index in [4.69, 9.17) is 14.2 Å². The van der Waals surface area contributed by atoms with Gasteiger partial charge in [0.15, 0.2) is 12.4 Å². The fraction of sp³-hybridized carbons (Fsp3) is 0.160. The van der Waals surface area contributed by atoms with E-state index in [9.17, 15) is 14.4 Å². The van der Waals surface area contributed by atoms with E-state index in [2.05, 4.69) is 5.32 Å². The van der Waals surface area contributed by atoms with Crippen molar-refractivity contribution in [1.82, 2.24) is 0 Å². The highest BCUT2D eigenvalue weighted by Crippen LogP contribution is 2.29. The van der Waals surface area contributed by atoms with Crippen LogP contribution in [-0.2, 0) is 9.53 Å². The molecule has 32 heavy (non-hydrogen) atoms. The van der Waals surface area contributed by atoms with E-state index < -0.39 is 18.5 Å². The monoisotopic (exact) mass is 433 g/mol. The molecule has 7 nitrogen and oxygen atoms in total. The van der Waals surface area contributed by atoms with Gasteiger partial charge in [-0.1, -0.05) is 48.0 Å². The molecule has 0 radical (unpaired) electrons. The van der Waals surface area contributed by atoms with Crippen LogP contribution in [0.25, 0.3) is 0 Å². The standard InChI is InChI=1S/C25H23NO6/c1-16-8-10-17(11-9-16)24(28)19-6-4-5-7-20(19)25(29)32-15-23(27)26-21-13-12-18(30-2)14-22(21)31-3/h4-14H,15H2,1-3H3,(H,26,27). The molecular formula is C25H23NO6. The number of amides is 1. The minimum absolute atomic E-state index is 0.0907. The molecule has 0 unspecified atom stereocenters. The predicted molar refractivity (Wildman–Crippen MR) is 120 cm³/mol. The molecular weight excluding hydrogens is 410 g/mol. The minimum Gasteiger partial charge on any atom is -0.497 e. The number of esters is 1. The smallest absolute Gasteiger partial charge is 0.339 e. The van der Waals surface area contributed by atoms with Gasteiger partial charge in [-0.3, -0.25) is 9.59 Å². The second kappa shape index (κ2) is 10.3. The zero-order valence-corrected chi connectivity index (χ0v) is 18.0. The molecule has 0 saturated carbocycles. The van der Waals surface area contributed by atoms with E-state index in [1.54, 1.807) is 48.5 Å². The van der Waals surface area contributed by atoms with Crippen LogP contribution in [0, 0.1) is 6.92 Å². The molecule has 0 aromatic heterocycles. The third-order valence-electron chi connectivity index (χ3n) is 4.72. The van der Waals surface area contributed by atoms with Gasteiger partial charge in [-0.05, 0) is 25.1 Å². The number of hydrogen-bond acceptors (Lipinski definition) is 6. The largest absolute Gasteiger partial charge is 0.497 e. The van der Waals surface area contributed by atoms with Crippen LogP contribution >= 0.6 is 0 Å². The highest BCUT2D eigenvalue weighted by atomic mass is 16.5. The van der Waals surface area contributed by atoms with Crippen LogP contribution in [0.4, 0.5) is 5.69 Å². The number of ether oxygens (including phenoxy) is 3. The van der Waals surface area contributed by atoms with Gasteiger partial charge < -0.3 is 19.5 Å². The summed E-state index contributed by atoms with van der Waals surface area (Å²) in [6, 6.07) is 18.3. The number of hydrogen-bond donors (Lipinski definition) is 1. The van der Waals surface area contributed by atoms with Crippen LogP contribution in [0.1, 0.15) is 31.8 Å². The van der Waals surface area contributed by atoms with Gasteiger partial charge in [-0.2, -0.15) is 0 Å². The summed E-state index contributed by atoms with van der Waals surface area (Å²) >= 11 is 0. The number of carbonyl (C=O) groups excluding carboxylic acids is 3. The zero-order chi connectivity index (χ0) is 23.1. The van der Waals surface area contributed by atoms with Crippen molar-refractivity contribution in [3.8, 4) is 11.5 Å². The Bertz CT molecular complexity index is 1140. The molecule has 3 aromatic rings. The lowest BCUT2D eigenvalue weighted by molar-refractivity contribution is -0.119. The maximum Gasteiger partial charge on any atom is 0.339 e. The van der Waals surface area contributed by atoms with Crippen LogP contribution in [0.3, 0.4) is 0 Å². The summed E-state index contributed by atoms with van der Waals surface area (Å²) in [5.41, 5.74) is 2.18. The van der Waals surface area contributed by atoms with Crippen molar-refractivity contribution in [2.75, 3.05) is 26.1 Å². The number of rotatable bonds is 8. The van der Waals surface area contributed by atoms with Crippen LogP contribution < -0.4 is 14.8 Å². The third kappa shape index (κ3) is 5.31. The van der Waals surface area contributed by atoms with Crippen LogP contribution in [-0.4, -0.2) is 38.5 Å². The summed E-state index contributed by atoms with van der Waals surface area (Å²) < 4.78 is 15.5. The molecule has 3 rings (SSSR count). The molecule has 3 aromatic carbocycles. The van der Waals surface area contributed by atoms with Gasteiger partial charge in [0.25, 0.3) is 5.91 Å².